The van der Waals surface area contributed by atoms with Crippen molar-refractivity contribution in [2.24, 2.45) is 0 Å². The molecule has 0 saturated carbocycles. The van der Waals surface area contributed by atoms with Gasteiger partial charge in [0.25, 0.3) is 0 Å². The molecule has 2 rings (SSSR count). The molecule has 0 radical (unpaired) electrons. The van der Waals surface area contributed by atoms with E-state index in [1.807, 2.05) is 0 Å². The first-order valence-corrected chi connectivity index (χ1v) is 8.50. The Balaban J connectivity index is 1.98. The Morgan fingerprint density at radius 2 is 1.71 bits per heavy atom. The second-order valence-corrected chi connectivity index (χ2v) is 7.10. The molecule has 0 aliphatic heterocycles. The molecule has 21 heavy (non-hydrogen) atoms. The molecule has 0 aliphatic carbocycles. The molecule has 2 aromatic carbocycles. The molecule has 2 aromatic rings. The Hall–Kier alpha value is -0.840. The number of benzene rings is 2. The van der Waals surface area contributed by atoms with Crippen molar-refractivity contribution in [2.75, 3.05) is 19.0 Å². The van der Waals surface area contributed by atoms with Gasteiger partial charge in [-0.3, -0.25) is 0 Å². The lowest BCUT2D eigenvalue weighted by atomic mass is 10.1. The Bertz CT molecular complexity index is 594. The van der Waals surface area contributed by atoms with Crippen LogP contribution in [0.3, 0.4) is 0 Å². The van der Waals surface area contributed by atoms with Gasteiger partial charge in [0.15, 0.2) is 0 Å². The maximum Gasteiger partial charge on any atom is 0.0361 e. The first-order valence-electron chi connectivity index (χ1n) is 6.92. The molecule has 1 atom stereocenters. The highest BCUT2D eigenvalue weighted by Crippen LogP contribution is 2.27. The van der Waals surface area contributed by atoms with Gasteiger partial charge in [0, 0.05) is 41.3 Å². The summed E-state index contributed by atoms with van der Waals surface area (Å²) in [4.78, 5) is 2.11. The maximum absolute atomic E-state index is 3.62. The molecule has 1 unspecified atom stereocenters. The fourth-order valence-electron chi connectivity index (χ4n) is 2.15. The van der Waals surface area contributed by atoms with Crippen LogP contribution in [-0.4, -0.2) is 14.1 Å². The van der Waals surface area contributed by atoms with E-state index < -0.39 is 0 Å². The monoisotopic (exact) mass is 410 g/mol. The van der Waals surface area contributed by atoms with Crippen molar-refractivity contribution in [2.45, 2.75) is 19.5 Å². The quantitative estimate of drug-likeness (QED) is 0.733. The van der Waals surface area contributed by atoms with Crippen molar-refractivity contribution in [3.63, 3.8) is 0 Å². The summed E-state index contributed by atoms with van der Waals surface area (Å²) in [6, 6.07) is 15.2. The molecule has 0 aliphatic rings. The van der Waals surface area contributed by atoms with Crippen LogP contribution in [0.4, 0.5) is 5.69 Å². The molecule has 1 N–H and O–H groups in total. The van der Waals surface area contributed by atoms with E-state index in [1.165, 1.54) is 16.8 Å². The second-order valence-electron chi connectivity index (χ2n) is 5.33. The molecular weight excluding hydrogens is 392 g/mol. The zero-order valence-corrected chi connectivity index (χ0v) is 15.7. The zero-order valence-electron chi connectivity index (χ0n) is 12.5. The SMILES string of the molecule is CC(NCc1ccc(N(C)C)cc1)c1ccc(Br)cc1Br. The van der Waals surface area contributed by atoms with Crippen LogP contribution >= 0.6 is 31.9 Å². The molecule has 4 heteroatoms. The van der Waals surface area contributed by atoms with E-state index in [-0.39, 0.29) is 0 Å². The lowest BCUT2D eigenvalue weighted by molar-refractivity contribution is 0.573. The first-order chi connectivity index (χ1) is 9.97. The zero-order chi connectivity index (χ0) is 15.4. The van der Waals surface area contributed by atoms with Crippen LogP contribution in [0.15, 0.2) is 51.4 Å². The lowest BCUT2D eigenvalue weighted by Gasteiger charge is -2.17. The number of hydrogen-bond donors (Lipinski definition) is 1. The van der Waals surface area contributed by atoms with Crippen molar-refractivity contribution in [3.05, 3.63) is 62.5 Å². The van der Waals surface area contributed by atoms with Gasteiger partial charge >= 0.3 is 0 Å². The van der Waals surface area contributed by atoms with Crippen LogP contribution in [0, 0.1) is 0 Å². The van der Waals surface area contributed by atoms with E-state index in [4.69, 9.17) is 0 Å². The largest absolute Gasteiger partial charge is 0.378 e. The molecule has 0 spiro atoms. The van der Waals surface area contributed by atoms with Gasteiger partial charge in [0.2, 0.25) is 0 Å². The third-order valence-electron chi connectivity index (χ3n) is 3.49. The third-order valence-corrected chi connectivity index (χ3v) is 4.67. The van der Waals surface area contributed by atoms with Gasteiger partial charge in [-0.2, -0.15) is 0 Å². The lowest BCUT2D eigenvalue weighted by Crippen LogP contribution is -2.18. The smallest absolute Gasteiger partial charge is 0.0361 e. The van der Waals surface area contributed by atoms with Crippen molar-refractivity contribution < 1.29 is 0 Å². The number of anilines is 1. The van der Waals surface area contributed by atoms with E-state index in [9.17, 15) is 0 Å². The second kappa shape index (κ2) is 7.43. The summed E-state index contributed by atoms with van der Waals surface area (Å²) in [5, 5.41) is 3.57. The summed E-state index contributed by atoms with van der Waals surface area (Å²) < 4.78 is 2.21. The standard InChI is InChI=1S/C17H20Br2N2/c1-12(16-9-6-14(18)10-17(16)19)20-11-13-4-7-15(8-5-13)21(2)3/h4-10,12,20H,11H2,1-3H3. The number of rotatable bonds is 5. The highest BCUT2D eigenvalue weighted by Gasteiger charge is 2.09. The molecule has 2 nitrogen and oxygen atoms in total. The highest BCUT2D eigenvalue weighted by atomic mass is 79.9. The van der Waals surface area contributed by atoms with Gasteiger partial charge in [-0.15, -0.1) is 0 Å². The summed E-state index contributed by atoms with van der Waals surface area (Å²) in [7, 11) is 4.11. The van der Waals surface area contributed by atoms with E-state index in [2.05, 4.69) is 106 Å². The fourth-order valence-corrected chi connectivity index (χ4v) is 3.54. The number of nitrogens with one attached hydrogen (secondary N) is 1. The van der Waals surface area contributed by atoms with E-state index in [0.29, 0.717) is 6.04 Å². The van der Waals surface area contributed by atoms with E-state index in [0.717, 1.165) is 15.5 Å². The van der Waals surface area contributed by atoms with Crippen molar-refractivity contribution in [1.29, 1.82) is 0 Å². The maximum atomic E-state index is 3.62. The Morgan fingerprint density at radius 3 is 2.29 bits per heavy atom. The number of hydrogen-bond acceptors (Lipinski definition) is 2. The summed E-state index contributed by atoms with van der Waals surface area (Å²) in [6.45, 7) is 3.04. The minimum atomic E-state index is 0.293. The van der Waals surface area contributed by atoms with Crippen LogP contribution in [0.5, 0.6) is 0 Å². The average molecular weight is 412 g/mol. The molecule has 0 saturated heterocycles. The fraction of sp³-hybridized carbons (Fsp3) is 0.294. The molecule has 0 amide bonds. The topological polar surface area (TPSA) is 15.3 Å². The summed E-state index contributed by atoms with van der Waals surface area (Å²) in [5.41, 5.74) is 3.78. The van der Waals surface area contributed by atoms with Gasteiger partial charge in [-0.05, 0) is 42.3 Å². The van der Waals surface area contributed by atoms with Crippen molar-refractivity contribution in [1.82, 2.24) is 5.32 Å². The van der Waals surface area contributed by atoms with Gasteiger partial charge in [-0.25, -0.2) is 0 Å². The first kappa shape index (κ1) is 16.5. The highest BCUT2D eigenvalue weighted by molar-refractivity contribution is 9.11. The van der Waals surface area contributed by atoms with Gasteiger partial charge in [-0.1, -0.05) is 50.1 Å². The van der Waals surface area contributed by atoms with Crippen LogP contribution in [0.1, 0.15) is 24.1 Å². The molecule has 0 aromatic heterocycles. The van der Waals surface area contributed by atoms with Gasteiger partial charge in [0.1, 0.15) is 0 Å². The molecular formula is C17H20Br2N2. The molecule has 0 heterocycles. The minimum absolute atomic E-state index is 0.293. The predicted molar refractivity (Wildman–Crippen MR) is 97.9 cm³/mol. The van der Waals surface area contributed by atoms with Gasteiger partial charge in [0.05, 0.1) is 0 Å². The van der Waals surface area contributed by atoms with Crippen molar-refractivity contribution >= 4 is 37.5 Å². The van der Waals surface area contributed by atoms with E-state index in [1.54, 1.807) is 0 Å². The van der Waals surface area contributed by atoms with Crippen LogP contribution in [0.25, 0.3) is 0 Å². The summed E-state index contributed by atoms with van der Waals surface area (Å²) in [5.74, 6) is 0. The molecule has 112 valence electrons. The summed E-state index contributed by atoms with van der Waals surface area (Å²) >= 11 is 7.11. The van der Waals surface area contributed by atoms with E-state index >= 15 is 0 Å². The Morgan fingerprint density at radius 1 is 1.05 bits per heavy atom. The van der Waals surface area contributed by atoms with Crippen molar-refractivity contribution in [3.8, 4) is 0 Å². The summed E-state index contributed by atoms with van der Waals surface area (Å²) in [6.07, 6.45) is 0. The third kappa shape index (κ3) is 4.56. The van der Waals surface area contributed by atoms with Gasteiger partial charge < -0.3 is 10.2 Å². The minimum Gasteiger partial charge on any atom is -0.378 e. The number of nitrogens with zero attached hydrogens (tertiary/aromatic N) is 1. The Labute approximate surface area is 143 Å². The normalized spacial score (nSPS) is 12.2. The molecule has 0 fully saturated rings. The predicted octanol–water partition coefficient (Wildman–Crippen LogP) is 5.13. The van der Waals surface area contributed by atoms with Crippen LogP contribution in [0.2, 0.25) is 0 Å². The Kier molecular flexibility index (Phi) is 5.85. The number of halogens is 2. The molecule has 0 bridgehead atoms. The van der Waals surface area contributed by atoms with Crippen LogP contribution in [-0.2, 0) is 6.54 Å². The average Bonchev–Trinajstić information content (AvgIpc) is 2.45. The van der Waals surface area contributed by atoms with Crippen LogP contribution < -0.4 is 10.2 Å².